The minimum Gasteiger partial charge on any atom is -0.357 e. The van der Waals surface area contributed by atoms with Gasteiger partial charge in [0.1, 0.15) is 0 Å². The molecule has 0 aromatic carbocycles. The third kappa shape index (κ3) is 7.51. The van der Waals surface area contributed by atoms with E-state index < -0.39 is 0 Å². The molecule has 28 heavy (non-hydrogen) atoms. The number of nitrogens with zero attached hydrogens (tertiary/aromatic N) is 5. The van der Waals surface area contributed by atoms with Crippen LogP contribution in [0.1, 0.15) is 18.9 Å². The summed E-state index contributed by atoms with van der Waals surface area (Å²) in [6, 6.07) is 3.98. The van der Waals surface area contributed by atoms with Crippen LogP contribution in [-0.2, 0) is 6.54 Å². The summed E-state index contributed by atoms with van der Waals surface area (Å²) in [5, 5.41) is 11.0. The summed E-state index contributed by atoms with van der Waals surface area (Å²) in [4.78, 5) is 18.1. The molecule has 0 bridgehead atoms. The van der Waals surface area contributed by atoms with Crippen molar-refractivity contribution in [1.82, 2.24) is 25.5 Å². The van der Waals surface area contributed by atoms with Gasteiger partial charge >= 0.3 is 0 Å². The first-order valence-electron chi connectivity index (χ1n) is 9.62. The van der Waals surface area contributed by atoms with Crippen molar-refractivity contribution in [2.45, 2.75) is 19.9 Å². The summed E-state index contributed by atoms with van der Waals surface area (Å²) in [6.45, 7) is 9.82. The van der Waals surface area contributed by atoms with Gasteiger partial charge in [0.05, 0.1) is 6.54 Å². The highest BCUT2D eigenvalue weighted by atomic mass is 127. The number of guanidine groups is 1. The van der Waals surface area contributed by atoms with Crippen molar-refractivity contribution < 1.29 is 0 Å². The number of nitrogens with one attached hydrogen (secondary N) is 2. The molecule has 0 amide bonds. The first-order chi connectivity index (χ1) is 13.3. The smallest absolute Gasteiger partial charge is 0.225 e. The van der Waals surface area contributed by atoms with Gasteiger partial charge in [0.25, 0.3) is 0 Å². The van der Waals surface area contributed by atoms with Crippen LogP contribution in [0.2, 0.25) is 0 Å². The van der Waals surface area contributed by atoms with Crippen LogP contribution in [0.5, 0.6) is 0 Å². The number of thiophene rings is 1. The lowest BCUT2D eigenvalue weighted by molar-refractivity contribution is 0.254. The Morgan fingerprint density at radius 1 is 1.18 bits per heavy atom. The van der Waals surface area contributed by atoms with E-state index in [1.165, 1.54) is 5.56 Å². The van der Waals surface area contributed by atoms with Gasteiger partial charge < -0.3 is 15.5 Å². The molecule has 0 atom stereocenters. The van der Waals surface area contributed by atoms with E-state index >= 15 is 0 Å². The summed E-state index contributed by atoms with van der Waals surface area (Å²) in [5.41, 5.74) is 1.26. The minimum absolute atomic E-state index is 0. The second kappa shape index (κ2) is 12.9. The van der Waals surface area contributed by atoms with Crippen molar-refractivity contribution in [2.75, 3.05) is 50.7 Å². The van der Waals surface area contributed by atoms with Gasteiger partial charge in [-0.25, -0.2) is 15.0 Å². The van der Waals surface area contributed by atoms with Gasteiger partial charge in [-0.1, -0.05) is 0 Å². The van der Waals surface area contributed by atoms with E-state index in [4.69, 9.17) is 0 Å². The monoisotopic (exact) mass is 515 g/mol. The van der Waals surface area contributed by atoms with Crippen LogP contribution >= 0.6 is 35.3 Å². The van der Waals surface area contributed by atoms with E-state index in [-0.39, 0.29) is 24.0 Å². The first-order valence-corrected chi connectivity index (χ1v) is 10.6. The first kappa shape index (κ1) is 22.8. The summed E-state index contributed by atoms with van der Waals surface area (Å²) >= 11 is 1.71. The highest BCUT2D eigenvalue weighted by Crippen LogP contribution is 2.09. The van der Waals surface area contributed by atoms with Crippen LogP contribution in [0.25, 0.3) is 0 Å². The van der Waals surface area contributed by atoms with Crippen molar-refractivity contribution in [3.05, 3.63) is 40.8 Å². The molecule has 0 spiro atoms. The topological polar surface area (TPSA) is 68.7 Å². The highest BCUT2D eigenvalue weighted by molar-refractivity contribution is 14.0. The molecule has 0 saturated carbocycles. The molecule has 0 aliphatic carbocycles. The van der Waals surface area contributed by atoms with Crippen LogP contribution in [0.3, 0.4) is 0 Å². The Morgan fingerprint density at radius 2 is 1.96 bits per heavy atom. The molecular formula is C19H30IN7S. The molecule has 0 radical (unpaired) electrons. The fourth-order valence-corrected chi connectivity index (χ4v) is 3.69. The lowest BCUT2D eigenvalue weighted by atomic mass is 10.3. The normalized spacial score (nSPS) is 15.2. The quantitative estimate of drug-likeness (QED) is 0.244. The number of halogens is 1. The van der Waals surface area contributed by atoms with Crippen molar-refractivity contribution in [2.24, 2.45) is 4.99 Å². The largest absolute Gasteiger partial charge is 0.357 e. The summed E-state index contributed by atoms with van der Waals surface area (Å²) < 4.78 is 0. The van der Waals surface area contributed by atoms with E-state index in [1.807, 2.05) is 18.5 Å². The second-order valence-corrected chi connectivity index (χ2v) is 7.26. The molecule has 1 fully saturated rings. The molecular weight excluding hydrogens is 485 g/mol. The Bertz CT molecular complexity index is 673. The average molecular weight is 515 g/mol. The van der Waals surface area contributed by atoms with Gasteiger partial charge in [0.2, 0.25) is 5.95 Å². The zero-order chi connectivity index (χ0) is 18.7. The van der Waals surface area contributed by atoms with Gasteiger partial charge in [-0.3, -0.25) is 4.90 Å². The summed E-state index contributed by atoms with van der Waals surface area (Å²) in [6.07, 6.45) is 4.72. The molecule has 1 aliphatic heterocycles. The Labute approximate surface area is 188 Å². The molecule has 154 valence electrons. The van der Waals surface area contributed by atoms with E-state index in [9.17, 15) is 0 Å². The van der Waals surface area contributed by atoms with Crippen LogP contribution in [0.15, 0.2) is 40.3 Å². The zero-order valence-electron chi connectivity index (χ0n) is 16.4. The fourth-order valence-electron chi connectivity index (χ4n) is 3.03. The SMILES string of the molecule is CCNC(=NCc1ccsc1)NCCCN1CCN(c2ncccn2)CC1.I. The van der Waals surface area contributed by atoms with E-state index in [0.717, 1.165) is 70.7 Å². The lowest BCUT2D eigenvalue weighted by Gasteiger charge is -2.34. The molecule has 2 aromatic rings. The summed E-state index contributed by atoms with van der Waals surface area (Å²) in [5.74, 6) is 1.74. The van der Waals surface area contributed by atoms with Gasteiger partial charge in [0.15, 0.2) is 5.96 Å². The Hall–Kier alpha value is -1.46. The second-order valence-electron chi connectivity index (χ2n) is 6.48. The molecule has 0 unspecified atom stereocenters. The lowest BCUT2D eigenvalue weighted by Crippen LogP contribution is -2.47. The van der Waals surface area contributed by atoms with Crippen LogP contribution < -0.4 is 15.5 Å². The predicted octanol–water partition coefficient (Wildman–Crippen LogP) is 2.42. The molecule has 3 rings (SSSR count). The Balaban J connectivity index is 0.00000280. The molecule has 1 aliphatic rings. The van der Waals surface area contributed by atoms with E-state index in [0.29, 0.717) is 0 Å². The minimum atomic E-state index is 0. The summed E-state index contributed by atoms with van der Waals surface area (Å²) in [7, 11) is 0. The number of aromatic nitrogens is 2. The molecule has 9 heteroatoms. The number of anilines is 1. The average Bonchev–Trinajstić information content (AvgIpc) is 3.24. The maximum absolute atomic E-state index is 4.65. The van der Waals surface area contributed by atoms with Gasteiger partial charge in [-0.05, 0) is 48.3 Å². The number of hydrogen-bond donors (Lipinski definition) is 2. The molecule has 2 N–H and O–H groups in total. The van der Waals surface area contributed by atoms with E-state index in [2.05, 4.69) is 59.1 Å². The van der Waals surface area contributed by atoms with Crippen molar-refractivity contribution >= 4 is 47.2 Å². The van der Waals surface area contributed by atoms with Gasteiger partial charge in [0, 0.05) is 51.7 Å². The highest BCUT2D eigenvalue weighted by Gasteiger charge is 2.18. The molecule has 7 nitrogen and oxygen atoms in total. The standard InChI is InChI=1S/C19H29N7S.HI/c1-2-20-18(24-15-17-5-14-27-16-17)21-8-4-9-25-10-12-26(13-11-25)19-22-6-3-7-23-19;/h3,5-7,14,16H,2,4,8-13,15H2,1H3,(H2,20,21,24);1H. The molecule has 1 saturated heterocycles. The maximum Gasteiger partial charge on any atom is 0.225 e. The van der Waals surface area contributed by atoms with Crippen molar-refractivity contribution in [3.8, 4) is 0 Å². The molecule has 2 aromatic heterocycles. The van der Waals surface area contributed by atoms with Crippen molar-refractivity contribution in [1.29, 1.82) is 0 Å². The number of hydrogen-bond acceptors (Lipinski definition) is 6. The van der Waals surface area contributed by atoms with Crippen LogP contribution in [0, 0.1) is 0 Å². The third-order valence-corrected chi connectivity index (χ3v) is 5.23. The Morgan fingerprint density at radius 3 is 2.64 bits per heavy atom. The van der Waals surface area contributed by atoms with Gasteiger partial charge in [-0.2, -0.15) is 11.3 Å². The van der Waals surface area contributed by atoms with Crippen LogP contribution in [-0.4, -0.2) is 66.6 Å². The Kier molecular flexibility index (Phi) is 10.5. The van der Waals surface area contributed by atoms with Crippen molar-refractivity contribution in [3.63, 3.8) is 0 Å². The van der Waals surface area contributed by atoms with E-state index in [1.54, 1.807) is 11.3 Å². The number of rotatable bonds is 8. The van der Waals surface area contributed by atoms with Crippen LogP contribution in [0.4, 0.5) is 5.95 Å². The zero-order valence-corrected chi connectivity index (χ0v) is 19.5. The fraction of sp³-hybridized carbons (Fsp3) is 0.526. The number of aliphatic imine (C=N–C) groups is 1. The number of piperazine rings is 1. The third-order valence-electron chi connectivity index (χ3n) is 4.49. The van der Waals surface area contributed by atoms with Gasteiger partial charge in [-0.15, -0.1) is 24.0 Å². The predicted molar refractivity (Wildman–Crippen MR) is 128 cm³/mol. The maximum atomic E-state index is 4.65. The molecule has 3 heterocycles.